The third-order valence-electron chi connectivity index (χ3n) is 2.69. The zero-order chi connectivity index (χ0) is 13.1. The summed E-state index contributed by atoms with van der Waals surface area (Å²) < 4.78 is 18.9. The first-order valence-electron chi connectivity index (χ1n) is 5.39. The van der Waals surface area contributed by atoms with E-state index in [1.807, 2.05) is 0 Å². The molecule has 1 N–H and O–H groups in total. The number of aliphatic hydroxyl groups is 1. The van der Waals surface area contributed by atoms with Crippen LogP contribution in [0.5, 0.6) is 5.75 Å². The molecule has 2 rings (SSSR count). The fourth-order valence-corrected chi connectivity index (χ4v) is 1.94. The normalized spacial score (nSPS) is 12.2. The van der Waals surface area contributed by atoms with Crippen molar-refractivity contribution in [2.75, 3.05) is 7.11 Å². The largest absolute Gasteiger partial charge is 0.496 e. The van der Waals surface area contributed by atoms with Crippen LogP contribution in [0.2, 0.25) is 5.02 Å². The van der Waals surface area contributed by atoms with E-state index in [1.54, 1.807) is 30.3 Å². The molecule has 0 fully saturated rings. The summed E-state index contributed by atoms with van der Waals surface area (Å²) in [5.74, 6) is -0.0275. The monoisotopic (exact) mass is 266 g/mol. The van der Waals surface area contributed by atoms with E-state index in [4.69, 9.17) is 16.3 Å². The van der Waals surface area contributed by atoms with E-state index in [-0.39, 0.29) is 5.56 Å². The number of halogens is 2. The van der Waals surface area contributed by atoms with Gasteiger partial charge in [-0.2, -0.15) is 0 Å². The molecule has 0 heterocycles. The second kappa shape index (κ2) is 5.38. The van der Waals surface area contributed by atoms with Crippen molar-refractivity contribution in [3.63, 3.8) is 0 Å². The van der Waals surface area contributed by atoms with Crippen molar-refractivity contribution in [1.29, 1.82) is 0 Å². The highest BCUT2D eigenvalue weighted by molar-refractivity contribution is 6.30. The predicted molar refractivity (Wildman–Crippen MR) is 68.5 cm³/mol. The molecular weight excluding hydrogens is 255 g/mol. The minimum absolute atomic E-state index is 0.170. The number of hydrogen-bond donors (Lipinski definition) is 1. The molecular formula is C14H12ClFO2. The van der Waals surface area contributed by atoms with E-state index in [0.717, 1.165) is 0 Å². The molecule has 4 heteroatoms. The summed E-state index contributed by atoms with van der Waals surface area (Å²) in [5.41, 5.74) is 0.685. The van der Waals surface area contributed by atoms with E-state index < -0.39 is 11.9 Å². The Balaban J connectivity index is 2.44. The number of benzene rings is 2. The van der Waals surface area contributed by atoms with Gasteiger partial charge in [0.15, 0.2) is 0 Å². The summed E-state index contributed by atoms with van der Waals surface area (Å²) in [7, 11) is 1.50. The Morgan fingerprint density at radius 2 is 1.89 bits per heavy atom. The van der Waals surface area contributed by atoms with Gasteiger partial charge in [-0.1, -0.05) is 35.9 Å². The Morgan fingerprint density at radius 1 is 1.17 bits per heavy atom. The molecule has 2 aromatic rings. The highest BCUT2D eigenvalue weighted by Crippen LogP contribution is 2.31. The third-order valence-corrected chi connectivity index (χ3v) is 2.93. The topological polar surface area (TPSA) is 29.5 Å². The fraction of sp³-hybridized carbons (Fsp3) is 0.143. The molecule has 1 atom stereocenters. The SMILES string of the molecule is COc1ccccc1C(O)c1ccc(Cl)cc1F. The summed E-state index contributed by atoms with van der Waals surface area (Å²) >= 11 is 5.68. The maximum absolute atomic E-state index is 13.7. The summed E-state index contributed by atoms with van der Waals surface area (Å²) in [4.78, 5) is 0. The van der Waals surface area contributed by atoms with Crippen molar-refractivity contribution in [2.45, 2.75) is 6.10 Å². The van der Waals surface area contributed by atoms with Gasteiger partial charge in [0.05, 0.1) is 7.11 Å². The molecule has 2 aromatic carbocycles. The lowest BCUT2D eigenvalue weighted by Gasteiger charge is -2.15. The minimum atomic E-state index is -1.08. The zero-order valence-electron chi connectivity index (χ0n) is 9.73. The van der Waals surface area contributed by atoms with Crippen LogP contribution < -0.4 is 4.74 Å². The van der Waals surface area contributed by atoms with E-state index in [2.05, 4.69) is 0 Å². The predicted octanol–water partition coefficient (Wildman–Crippen LogP) is 3.57. The van der Waals surface area contributed by atoms with Gasteiger partial charge in [0.2, 0.25) is 0 Å². The fourth-order valence-electron chi connectivity index (χ4n) is 1.78. The van der Waals surface area contributed by atoms with Crippen LogP contribution in [0.25, 0.3) is 0 Å². The molecule has 0 aromatic heterocycles. The molecule has 0 bridgehead atoms. The van der Waals surface area contributed by atoms with Crippen molar-refractivity contribution < 1.29 is 14.2 Å². The van der Waals surface area contributed by atoms with E-state index >= 15 is 0 Å². The number of ether oxygens (including phenoxy) is 1. The van der Waals surface area contributed by atoms with Crippen LogP contribution >= 0.6 is 11.6 Å². The van der Waals surface area contributed by atoms with Gasteiger partial charge >= 0.3 is 0 Å². The van der Waals surface area contributed by atoms with Gasteiger partial charge in [-0.25, -0.2) is 4.39 Å². The van der Waals surface area contributed by atoms with Crippen molar-refractivity contribution in [3.8, 4) is 5.75 Å². The molecule has 0 amide bonds. The number of hydrogen-bond acceptors (Lipinski definition) is 2. The van der Waals surface area contributed by atoms with Gasteiger partial charge in [-0.3, -0.25) is 0 Å². The molecule has 94 valence electrons. The quantitative estimate of drug-likeness (QED) is 0.920. The van der Waals surface area contributed by atoms with Crippen LogP contribution in [0.4, 0.5) is 4.39 Å². The molecule has 0 aliphatic heterocycles. The maximum atomic E-state index is 13.7. The van der Waals surface area contributed by atoms with Gasteiger partial charge in [0.25, 0.3) is 0 Å². The van der Waals surface area contributed by atoms with Crippen molar-refractivity contribution in [3.05, 3.63) is 64.4 Å². The Bertz CT molecular complexity index is 557. The van der Waals surface area contributed by atoms with Crippen LogP contribution in [0.1, 0.15) is 17.2 Å². The van der Waals surface area contributed by atoms with Crippen LogP contribution in [-0.2, 0) is 0 Å². The number of rotatable bonds is 3. The standard InChI is InChI=1S/C14H12ClFO2/c1-18-13-5-3-2-4-11(13)14(17)10-7-6-9(15)8-12(10)16/h2-8,14,17H,1H3. The smallest absolute Gasteiger partial charge is 0.130 e. The van der Waals surface area contributed by atoms with E-state index in [0.29, 0.717) is 16.3 Å². The van der Waals surface area contributed by atoms with Gasteiger partial charge in [0.1, 0.15) is 17.7 Å². The second-order valence-corrected chi connectivity index (χ2v) is 4.25. The lowest BCUT2D eigenvalue weighted by molar-refractivity contribution is 0.209. The molecule has 0 saturated carbocycles. The first kappa shape index (κ1) is 12.9. The first-order valence-corrected chi connectivity index (χ1v) is 5.77. The van der Waals surface area contributed by atoms with Crippen LogP contribution in [0.3, 0.4) is 0 Å². The molecule has 2 nitrogen and oxygen atoms in total. The Kier molecular flexibility index (Phi) is 3.84. The Hall–Kier alpha value is -1.58. The van der Waals surface area contributed by atoms with Crippen molar-refractivity contribution in [1.82, 2.24) is 0 Å². The van der Waals surface area contributed by atoms with Crippen molar-refractivity contribution in [2.24, 2.45) is 0 Å². The molecule has 0 aliphatic rings. The molecule has 1 unspecified atom stereocenters. The molecule has 0 saturated heterocycles. The van der Waals surface area contributed by atoms with Crippen molar-refractivity contribution >= 4 is 11.6 Å². The molecule has 0 aliphatic carbocycles. The van der Waals surface area contributed by atoms with Gasteiger partial charge < -0.3 is 9.84 Å². The van der Waals surface area contributed by atoms with Gasteiger partial charge in [-0.15, -0.1) is 0 Å². The Labute approximate surface area is 110 Å². The molecule has 0 spiro atoms. The Morgan fingerprint density at radius 3 is 2.56 bits per heavy atom. The zero-order valence-corrected chi connectivity index (χ0v) is 10.5. The average Bonchev–Trinajstić information content (AvgIpc) is 2.38. The second-order valence-electron chi connectivity index (χ2n) is 3.81. The highest BCUT2D eigenvalue weighted by atomic mass is 35.5. The molecule has 0 radical (unpaired) electrons. The van der Waals surface area contributed by atoms with Crippen LogP contribution in [0.15, 0.2) is 42.5 Å². The maximum Gasteiger partial charge on any atom is 0.130 e. The lowest BCUT2D eigenvalue weighted by Crippen LogP contribution is -2.04. The summed E-state index contributed by atoms with van der Waals surface area (Å²) in [6.07, 6.45) is -1.08. The van der Waals surface area contributed by atoms with Gasteiger partial charge in [-0.05, 0) is 18.2 Å². The van der Waals surface area contributed by atoms with E-state index in [9.17, 15) is 9.50 Å². The average molecular weight is 267 g/mol. The number of aliphatic hydroxyl groups excluding tert-OH is 1. The van der Waals surface area contributed by atoms with E-state index in [1.165, 1.54) is 19.2 Å². The lowest BCUT2D eigenvalue weighted by atomic mass is 10.0. The first-order chi connectivity index (χ1) is 8.63. The highest BCUT2D eigenvalue weighted by Gasteiger charge is 2.18. The van der Waals surface area contributed by atoms with Crippen LogP contribution in [-0.4, -0.2) is 12.2 Å². The number of para-hydroxylation sites is 1. The minimum Gasteiger partial charge on any atom is -0.496 e. The summed E-state index contributed by atoms with van der Waals surface area (Å²) in [6, 6.07) is 11.1. The van der Waals surface area contributed by atoms with Crippen LogP contribution in [0, 0.1) is 5.82 Å². The number of methoxy groups -OCH3 is 1. The summed E-state index contributed by atoms with van der Waals surface area (Å²) in [5, 5.41) is 10.5. The molecule has 18 heavy (non-hydrogen) atoms. The third kappa shape index (κ3) is 2.47. The summed E-state index contributed by atoms with van der Waals surface area (Å²) in [6.45, 7) is 0. The van der Waals surface area contributed by atoms with Gasteiger partial charge in [0, 0.05) is 16.1 Å².